The Morgan fingerprint density at radius 3 is 2.24 bits per heavy atom. The largest absolute Gasteiger partial charge is 0.322 e. The number of hydrogen-bond acceptors (Lipinski definition) is 1. The van der Waals surface area contributed by atoms with Crippen LogP contribution < -0.4 is 10.8 Å². The van der Waals surface area contributed by atoms with E-state index in [9.17, 15) is 4.79 Å². The normalized spacial score (nSPS) is 11.2. The molecule has 3 heteroatoms. The molecule has 1 amide bonds. The van der Waals surface area contributed by atoms with Crippen LogP contribution in [-0.2, 0) is 5.41 Å². The van der Waals surface area contributed by atoms with Gasteiger partial charge in [0.05, 0.1) is 0 Å². The summed E-state index contributed by atoms with van der Waals surface area (Å²) in [5.74, 6) is -0.121. The highest BCUT2D eigenvalue weighted by Crippen LogP contribution is 2.22. The second-order valence-electron chi connectivity index (χ2n) is 6.30. The predicted molar refractivity (Wildman–Crippen MR) is 89.7 cm³/mol. The maximum atomic E-state index is 12.3. The van der Waals surface area contributed by atoms with Crippen LogP contribution in [-0.4, -0.2) is 13.8 Å². The van der Waals surface area contributed by atoms with Gasteiger partial charge in [0, 0.05) is 11.3 Å². The van der Waals surface area contributed by atoms with E-state index < -0.39 is 0 Å². The van der Waals surface area contributed by atoms with E-state index in [1.54, 1.807) is 0 Å². The Bertz CT molecular complexity index is 654. The predicted octanol–water partition coefficient (Wildman–Crippen LogP) is 3.34. The lowest BCUT2D eigenvalue weighted by atomic mass is 9.86. The monoisotopic (exact) mass is 277 g/mol. The highest BCUT2D eigenvalue weighted by molar-refractivity contribution is 6.33. The molecule has 2 aromatic rings. The van der Waals surface area contributed by atoms with Gasteiger partial charge < -0.3 is 5.32 Å². The van der Waals surface area contributed by atoms with Crippen molar-refractivity contribution in [3.05, 3.63) is 59.2 Å². The first-order valence-corrected chi connectivity index (χ1v) is 7.06. The first-order valence-electron chi connectivity index (χ1n) is 7.06. The molecule has 2 rings (SSSR count). The summed E-state index contributed by atoms with van der Waals surface area (Å²) in [6.07, 6.45) is 0. The molecular formula is C18H20BNO. The molecule has 0 saturated carbocycles. The number of hydrogen-bond donors (Lipinski definition) is 1. The first-order chi connectivity index (χ1) is 9.79. The molecule has 1 N–H and O–H groups in total. The fraction of sp³-hybridized carbons (Fsp3) is 0.278. The summed E-state index contributed by atoms with van der Waals surface area (Å²) in [4.78, 5) is 12.3. The number of carbonyl (C=O) groups excluding carboxylic acids is 1. The Morgan fingerprint density at radius 2 is 1.67 bits per heavy atom. The third kappa shape index (κ3) is 3.54. The van der Waals surface area contributed by atoms with Crippen molar-refractivity contribution in [1.82, 2.24) is 0 Å². The van der Waals surface area contributed by atoms with Crippen LogP contribution in [0.5, 0.6) is 0 Å². The molecule has 0 saturated heterocycles. The maximum Gasteiger partial charge on any atom is 0.255 e. The molecule has 21 heavy (non-hydrogen) atoms. The van der Waals surface area contributed by atoms with Crippen molar-refractivity contribution in [1.29, 1.82) is 0 Å². The average molecular weight is 277 g/mol. The Morgan fingerprint density at radius 1 is 1.05 bits per heavy atom. The number of benzene rings is 2. The lowest BCUT2D eigenvalue weighted by Crippen LogP contribution is -2.17. The molecule has 0 atom stereocenters. The summed E-state index contributed by atoms with van der Waals surface area (Å²) < 4.78 is 0. The first kappa shape index (κ1) is 15.4. The molecule has 2 nitrogen and oxygen atoms in total. The zero-order valence-corrected chi connectivity index (χ0v) is 13.0. The molecule has 0 fully saturated rings. The van der Waals surface area contributed by atoms with Gasteiger partial charge in [0.1, 0.15) is 7.85 Å². The van der Waals surface area contributed by atoms with E-state index in [4.69, 9.17) is 7.85 Å². The number of amides is 1. The maximum absolute atomic E-state index is 12.3. The van der Waals surface area contributed by atoms with Gasteiger partial charge in [-0.1, -0.05) is 50.5 Å². The third-order valence-corrected chi connectivity index (χ3v) is 3.64. The van der Waals surface area contributed by atoms with Gasteiger partial charge in [0.2, 0.25) is 0 Å². The minimum absolute atomic E-state index is 0.0828. The van der Waals surface area contributed by atoms with Crippen molar-refractivity contribution in [3.8, 4) is 0 Å². The van der Waals surface area contributed by atoms with Crippen LogP contribution in [0.1, 0.15) is 42.3 Å². The van der Waals surface area contributed by atoms with E-state index in [1.165, 1.54) is 5.56 Å². The molecular weight excluding hydrogens is 257 g/mol. The van der Waals surface area contributed by atoms with E-state index in [1.807, 2.05) is 49.4 Å². The summed E-state index contributed by atoms with van der Waals surface area (Å²) in [6, 6.07) is 13.2. The van der Waals surface area contributed by atoms with E-state index in [0.717, 1.165) is 11.3 Å². The van der Waals surface area contributed by atoms with Gasteiger partial charge in [0.25, 0.3) is 5.91 Å². The molecule has 0 spiro atoms. The SMILES string of the molecule is [B]c1cccc(NC(=O)c2ccc(C(C)(C)C)cc2)c1C. The lowest BCUT2D eigenvalue weighted by Gasteiger charge is -2.19. The summed E-state index contributed by atoms with van der Waals surface area (Å²) in [7, 11) is 5.85. The Labute approximate surface area is 128 Å². The molecule has 106 valence electrons. The van der Waals surface area contributed by atoms with Crippen molar-refractivity contribution >= 4 is 24.9 Å². The molecule has 0 unspecified atom stereocenters. The summed E-state index contributed by atoms with van der Waals surface area (Å²) in [5.41, 5.74) is 4.25. The number of rotatable bonds is 2. The minimum atomic E-state index is -0.121. The van der Waals surface area contributed by atoms with E-state index >= 15 is 0 Å². The van der Waals surface area contributed by atoms with Gasteiger partial charge in [-0.3, -0.25) is 4.79 Å². The Kier molecular flexibility index (Phi) is 4.22. The number of nitrogens with one attached hydrogen (secondary N) is 1. The van der Waals surface area contributed by atoms with Gasteiger partial charge in [-0.15, -0.1) is 0 Å². The van der Waals surface area contributed by atoms with Crippen LogP contribution in [0.3, 0.4) is 0 Å². The Hall–Kier alpha value is -2.03. The molecule has 0 aliphatic rings. The summed E-state index contributed by atoms with van der Waals surface area (Å²) >= 11 is 0. The van der Waals surface area contributed by atoms with Crippen LogP contribution in [0, 0.1) is 6.92 Å². The van der Waals surface area contributed by atoms with Crippen molar-refractivity contribution in [2.45, 2.75) is 33.1 Å². The number of carbonyl (C=O) groups is 1. The molecule has 0 bridgehead atoms. The Balaban J connectivity index is 2.19. The van der Waals surface area contributed by atoms with E-state index in [0.29, 0.717) is 11.0 Å². The second-order valence-corrected chi connectivity index (χ2v) is 6.30. The second kappa shape index (κ2) is 5.76. The standard InChI is InChI=1S/C18H20BNO/c1-12-15(19)6-5-7-16(12)20-17(21)13-8-10-14(11-9-13)18(2,3)4/h5-11H,1-4H3,(H,20,21). The average Bonchev–Trinajstić information content (AvgIpc) is 2.43. The van der Waals surface area contributed by atoms with Crippen LogP contribution in [0.15, 0.2) is 42.5 Å². The van der Waals surface area contributed by atoms with Gasteiger partial charge in [-0.2, -0.15) is 0 Å². The van der Waals surface area contributed by atoms with Crippen molar-refractivity contribution in [3.63, 3.8) is 0 Å². The summed E-state index contributed by atoms with van der Waals surface area (Å²) in [6.45, 7) is 8.35. The van der Waals surface area contributed by atoms with Gasteiger partial charge in [-0.05, 0) is 41.7 Å². The smallest absolute Gasteiger partial charge is 0.255 e. The van der Waals surface area contributed by atoms with Crippen molar-refractivity contribution < 1.29 is 4.79 Å². The van der Waals surface area contributed by atoms with Crippen LogP contribution in [0.25, 0.3) is 0 Å². The fourth-order valence-corrected chi connectivity index (χ4v) is 2.11. The number of anilines is 1. The van der Waals surface area contributed by atoms with Crippen LogP contribution in [0.2, 0.25) is 0 Å². The molecule has 0 heterocycles. The zero-order valence-electron chi connectivity index (χ0n) is 13.0. The molecule has 2 radical (unpaired) electrons. The minimum Gasteiger partial charge on any atom is -0.322 e. The highest BCUT2D eigenvalue weighted by Gasteiger charge is 2.14. The molecule has 0 aliphatic carbocycles. The topological polar surface area (TPSA) is 29.1 Å². The fourth-order valence-electron chi connectivity index (χ4n) is 2.11. The summed E-state index contributed by atoms with van der Waals surface area (Å²) in [5, 5.41) is 2.91. The van der Waals surface area contributed by atoms with Crippen molar-refractivity contribution in [2.75, 3.05) is 5.32 Å². The van der Waals surface area contributed by atoms with E-state index in [-0.39, 0.29) is 11.3 Å². The molecule has 0 aliphatic heterocycles. The van der Waals surface area contributed by atoms with Crippen molar-refractivity contribution in [2.24, 2.45) is 0 Å². The molecule has 0 aromatic heterocycles. The van der Waals surface area contributed by atoms with Gasteiger partial charge in [-0.25, -0.2) is 0 Å². The van der Waals surface area contributed by atoms with Crippen LogP contribution >= 0.6 is 0 Å². The zero-order chi connectivity index (χ0) is 15.6. The van der Waals surface area contributed by atoms with Gasteiger partial charge in [0.15, 0.2) is 0 Å². The van der Waals surface area contributed by atoms with Gasteiger partial charge >= 0.3 is 0 Å². The third-order valence-electron chi connectivity index (χ3n) is 3.64. The lowest BCUT2D eigenvalue weighted by molar-refractivity contribution is 0.102. The quantitative estimate of drug-likeness (QED) is 0.838. The highest BCUT2D eigenvalue weighted by atomic mass is 16.1. The van der Waals surface area contributed by atoms with E-state index in [2.05, 4.69) is 26.1 Å². The molecule has 2 aromatic carbocycles. The van der Waals surface area contributed by atoms with Crippen LogP contribution in [0.4, 0.5) is 5.69 Å².